The summed E-state index contributed by atoms with van der Waals surface area (Å²) in [5, 5.41) is 1.18. The molecule has 3 aromatic carbocycles. The van der Waals surface area contributed by atoms with Crippen LogP contribution < -0.4 is 4.90 Å². The zero-order valence-corrected chi connectivity index (χ0v) is 21.5. The van der Waals surface area contributed by atoms with Gasteiger partial charge in [-0.25, -0.2) is 0 Å². The quantitative estimate of drug-likeness (QED) is 0.253. The van der Waals surface area contributed by atoms with Crippen molar-refractivity contribution in [2.24, 2.45) is 0 Å². The van der Waals surface area contributed by atoms with Crippen LogP contribution >= 0.6 is 58.9 Å². The molecule has 4 nitrogen and oxygen atoms in total. The monoisotopic (exact) mass is 542 g/mol. The van der Waals surface area contributed by atoms with Gasteiger partial charge >= 0.3 is 0 Å². The topological polar surface area (TPSA) is 40.6 Å². The first-order chi connectivity index (χ1) is 16.4. The Morgan fingerprint density at radius 2 is 1.62 bits per heavy atom. The van der Waals surface area contributed by atoms with E-state index in [1.54, 1.807) is 40.9 Å². The van der Waals surface area contributed by atoms with Crippen molar-refractivity contribution in [1.82, 2.24) is 4.90 Å². The number of rotatable bonds is 4. The van der Waals surface area contributed by atoms with Crippen molar-refractivity contribution in [3.8, 4) is 0 Å². The molecular weight excluding hydrogens is 527 g/mol. The van der Waals surface area contributed by atoms with E-state index in [1.165, 1.54) is 16.7 Å². The third-order valence-electron chi connectivity index (χ3n) is 5.33. The van der Waals surface area contributed by atoms with Gasteiger partial charge in [0.15, 0.2) is 0 Å². The highest BCUT2D eigenvalue weighted by atomic mass is 35.5. The number of halogens is 2. The van der Waals surface area contributed by atoms with Crippen LogP contribution in [0.1, 0.15) is 12.0 Å². The fraction of sp³-hybridized carbons (Fsp3) is 0.0800. The lowest BCUT2D eigenvalue weighted by Gasteiger charge is -2.31. The van der Waals surface area contributed by atoms with Crippen molar-refractivity contribution in [3.05, 3.63) is 87.2 Å². The molecule has 9 heteroatoms. The number of thioether (sulfide) groups is 1. The lowest BCUT2D eigenvalue weighted by Crippen LogP contribution is -2.35. The fourth-order valence-corrected chi connectivity index (χ4v) is 6.36. The molecule has 1 fully saturated rings. The molecule has 0 unspecified atom stereocenters. The molecule has 0 spiro atoms. The van der Waals surface area contributed by atoms with E-state index >= 15 is 0 Å². The molecule has 0 N–H and O–H groups in total. The molecule has 0 atom stereocenters. The molecular formula is C25H16Cl2N2O2S3. The highest BCUT2D eigenvalue weighted by Gasteiger charge is 2.34. The maximum Gasteiger partial charge on any atom is 0.266 e. The summed E-state index contributed by atoms with van der Waals surface area (Å²) in [6.07, 6.45) is 1.90. The average Bonchev–Trinajstić information content (AvgIpc) is 3.09. The summed E-state index contributed by atoms with van der Waals surface area (Å²) in [6.45, 7) is 0.198. The van der Waals surface area contributed by atoms with Gasteiger partial charge < -0.3 is 0 Å². The normalized spacial score (nSPS) is 16.1. The molecule has 34 heavy (non-hydrogen) atoms. The van der Waals surface area contributed by atoms with Gasteiger partial charge in [-0.2, -0.15) is 0 Å². The summed E-state index contributed by atoms with van der Waals surface area (Å²) in [6, 6.07) is 20.5. The Labute approximate surface area is 220 Å². The second-order valence-electron chi connectivity index (χ2n) is 7.55. The van der Waals surface area contributed by atoms with Gasteiger partial charge in [-0.1, -0.05) is 83.2 Å². The molecule has 3 aromatic rings. The molecule has 2 aliphatic rings. The number of amides is 2. The first-order valence-electron chi connectivity index (χ1n) is 10.3. The molecule has 170 valence electrons. The maximum absolute atomic E-state index is 13.5. The van der Waals surface area contributed by atoms with E-state index in [4.69, 9.17) is 35.4 Å². The molecule has 0 saturated carbocycles. The predicted octanol–water partition coefficient (Wildman–Crippen LogP) is 7.41. The van der Waals surface area contributed by atoms with Crippen molar-refractivity contribution >= 4 is 92.5 Å². The first-order valence-corrected chi connectivity index (χ1v) is 13.1. The third-order valence-corrected chi connectivity index (χ3v) is 8.32. The van der Waals surface area contributed by atoms with Gasteiger partial charge in [0.05, 0.1) is 16.3 Å². The van der Waals surface area contributed by atoms with E-state index in [1.807, 2.05) is 48.5 Å². The second-order valence-corrected chi connectivity index (χ2v) is 11.2. The number of nitrogens with zero attached hydrogens (tertiary/aromatic N) is 2. The molecule has 2 amide bonds. The minimum atomic E-state index is -0.198. The minimum Gasteiger partial charge on any atom is -0.292 e. The fourth-order valence-electron chi connectivity index (χ4n) is 3.72. The summed E-state index contributed by atoms with van der Waals surface area (Å²) >= 11 is 20.5. The Bertz CT molecular complexity index is 1360. The molecule has 0 radical (unpaired) electrons. The van der Waals surface area contributed by atoms with Crippen molar-refractivity contribution < 1.29 is 9.59 Å². The van der Waals surface area contributed by atoms with E-state index in [0.717, 1.165) is 26.7 Å². The number of anilines is 2. The van der Waals surface area contributed by atoms with Gasteiger partial charge in [-0.05, 0) is 54.1 Å². The van der Waals surface area contributed by atoms with Gasteiger partial charge in [0.2, 0.25) is 5.91 Å². The van der Waals surface area contributed by atoms with Crippen LogP contribution in [0.3, 0.4) is 0 Å². The van der Waals surface area contributed by atoms with E-state index in [0.29, 0.717) is 19.3 Å². The van der Waals surface area contributed by atoms with E-state index in [-0.39, 0.29) is 24.8 Å². The van der Waals surface area contributed by atoms with Gasteiger partial charge in [0.25, 0.3) is 5.91 Å². The molecule has 0 aliphatic carbocycles. The summed E-state index contributed by atoms with van der Waals surface area (Å²) in [5.41, 5.74) is 2.41. The number of fused-ring (bicyclic) bond motifs is 2. The number of carbonyl (C=O) groups excluding carboxylic acids is 2. The number of benzene rings is 3. The SMILES string of the molecule is O=C1C(=Cc2ccc(Cl)cc2)SC(=S)N1CCC(=O)N1c2ccccc2Sc2ccc(Cl)cc21. The molecule has 0 bridgehead atoms. The lowest BCUT2D eigenvalue weighted by atomic mass is 10.2. The van der Waals surface area contributed by atoms with E-state index in [9.17, 15) is 9.59 Å². The standard InChI is InChI=1S/C25H16Cl2N2O2S3/c26-16-7-5-15(6-8-16)13-22-24(31)28(25(32)34-22)12-11-23(30)29-18-3-1-2-4-20(18)33-21-10-9-17(27)14-19(21)29/h1-10,13-14H,11-12H2. The number of hydrogen-bond donors (Lipinski definition) is 0. The smallest absolute Gasteiger partial charge is 0.266 e. The summed E-state index contributed by atoms with van der Waals surface area (Å²) < 4.78 is 0.441. The Morgan fingerprint density at radius 3 is 2.41 bits per heavy atom. The van der Waals surface area contributed by atoms with Gasteiger partial charge in [0, 0.05) is 32.8 Å². The zero-order valence-electron chi connectivity index (χ0n) is 17.5. The maximum atomic E-state index is 13.5. The minimum absolute atomic E-state index is 0.117. The highest BCUT2D eigenvalue weighted by molar-refractivity contribution is 8.26. The summed E-state index contributed by atoms with van der Waals surface area (Å²) in [7, 11) is 0. The van der Waals surface area contributed by atoms with Gasteiger partial charge in [-0.15, -0.1) is 0 Å². The first kappa shape index (κ1) is 23.5. The zero-order chi connectivity index (χ0) is 23.8. The molecule has 5 rings (SSSR count). The molecule has 0 aromatic heterocycles. The van der Waals surface area contributed by atoms with Crippen LogP contribution in [0, 0.1) is 0 Å². The van der Waals surface area contributed by atoms with Crippen molar-refractivity contribution in [2.45, 2.75) is 16.2 Å². The number of thiocarbonyl (C=S) groups is 1. The predicted molar refractivity (Wildman–Crippen MR) is 145 cm³/mol. The Hall–Kier alpha value is -2.29. The van der Waals surface area contributed by atoms with Crippen LogP contribution in [0.15, 0.2) is 81.4 Å². The number of carbonyl (C=O) groups is 2. The van der Waals surface area contributed by atoms with Crippen LogP contribution in [0.4, 0.5) is 11.4 Å². The number of para-hydroxylation sites is 1. The van der Waals surface area contributed by atoms with Crippen LogP contribution in [-0.2, 0) is 9.59 Å². The third kappa shape index (κ3) is 4.63. The Balaban J connectivity index is 1.36. The van der Waals surface area contributed by atoms with E-state index < -0.39 is 0 Å². The average molecular weight is 544 g/mol. The molecule has 2 aliphatic heterocycles. The number of hydrogen-bond acceptors (Lipinski definition) is 5. The van der Waals surface area contributed by atoms with Crippen LogP contribution in [-0.4, -0.2) is 27.6 Å². The summed E-state index contributed by atoms with van der Waals surface area (Å²) in [4.78, 5) is 32.1. The Kier molecular flexibility index (Phi) is 6.73. The largest absolute Gasteiger partial charge is 0.292 e. The second kappa shape index (κ2) is 9.76. The van der Waals surface area contributed by atoms with Crippen LogP contribution in [0.5, 0.6) is 0 Å². The summed E-state index contributed by atoms with van der Waals surface area (Å²) in [5.74, 6) is -0.331. The van der Waals surface area contributed by atoms with Crippen molar-refractivity contribution in [2.75, 3.05) is 11.4 Å². The van der Waals surface area contributed by atoms with E-state index in [2.05, 4.69) is 0 Å². The van der Waals surface area contributed by atoms with Gasteiger partial charge in [-0.3, -0.25) is 19.4 Å². The molecule has 1 saturated heterocycles. The lowest BCUT2D eigenvalue weighted by molar-refractivity contribution is -0.123. The molecule has 2 heterocycles. The van der Waals surface area contributed by atoms with Crippen LogP contribution in [0.2, 0.25) is 10.0 Å². The van der Waals surface area contributed by atoms with Crippen molar-refractivity contribution in [3.63, 3.8) is 0 Å². The highest BCUT2D eigenvalue weighted by Crippen LogP contribution is 2.49. The van der Waals surface area contributed by atoms with Crippen LogP contribution in [0.25, 0.3) is 6.08 Å². The van der Waals surface area contributed by atoms with Gasteiger partial charge in [0.1, 0.15) is 4.32 Å². The van der Waals surface area contributed by atoms with Crippen molar-refractivity contribution in [1.29, 1.82) is 0 Å². The Morgan fingerprint density at radius 1 is 0.912 bits per heavy atom.